The van der Waals surface area contributed by atoms with E-state index in [1.165, 1.54) is 6.20 Å². The summed E-state index contributed by atoms with van der Waals surface area (Å²) in [4.78, 5) is 7.41. The van der Waals surface area contributed by atoms with Gasteiger partial charge in [-0.2, -0.15) is 0 Å². The van der Waals surface area contributed by atoms with Crippen molar-refractivity contribution in [3.05, 3.63) is 17.5 Å². The topological polar surface area (TPSA) is 51.8 Å². The number of rotatable bonds is 1. The highest BCUT2D eigenvalue weighted by atomic mass is 19.1. The first kappa shape index (κ1) is 6.92. The Balaban J connectivity index is 3.07. The summed E-state index contributed by atoms with van der Waals surface area (Å²) in [5, 5.41) is 0. The van der Waals surface area contributed by atoms with Crippen LogP contribution in [0.1, 0.15) is 11.3 Å². The predicted octanol–water partition coefficient (Wildman–Crippen LogP) is 0.837. The Labute approximate surface area is 58.1 Å². The Morgan fingerprint density at radius 3 is 2.90 bits per heavy atom. The first-order chi connectivity index (χ1) is 4.74. The van der Waals surface area contributed by atoms with Crippen molar-refractivity contribution >= 4 is 5.95 Å². The van der Waals surface area contributed by atoms with Crippen LogP contribution in [0.2, 0.25) is 0 Å². The van der Waals surface area contributed by atoms with E-state index in [1.807, 2.05) is 0 Å². The van der Waals surface area contributed by atoms with Crippen molar-refractivity contribution in [1.29, 1.82) is 0 Å². The maximum atomic E-state index is 12.0. The Kier molecular flexibility index (Phi) is 1.80. The van der Waals surface area contributed by atoms with E-state index in [-0.39, 0.29) is 5.95 Å². The molecule has 0 spiro atoms. The molecular weight excluding hydrogens is 133 g/mol. The molecule has 0 bridgehead atoms. The van der Waals surface area contributed by atoms with Gasteiger partial charge in [0.2, 0.25) is 5.95 Å². The molecule has 0 amide bonds. The molecule has 0 aliphatic rings. The van der Waals surface area contributed by atoms with E-state index in [4.69, 9.17) is 5.73 Å². The van der Waals surface area contributed by atoms with Gasteiger partial charge >= 0.3 is 0 Å². The van der Waals surface area contributed by atoms with E-state index in [1.54, 1.807) is 6.92 Å². The molecule has 54 valence electrons. The second kappa shape index (κ2) is 2.60. The number of anilines is 1. The van der Waals surface area contributed by atoms with Gasteiger partial charge in [0.1, 0.15) is 6.67 Å². The first-order valence-electron chi connectivity index (χ1n) is 2.88. The van der Waals surface area contributed by atoms with Gasteiger partial charge in [-0.15, -0.1) is 0 Å². The van der Waals surface area contributed by atoms with Gasteiger partial charge in [-0.3, -0.25) is 0 Å². The van der Waals surface area contributed by atoms with Crippen molar-refractivity contribution in [3.63, 3.8) is 0 Å². The van der Waals surface area contributed by atoms with Crippen LogP contribution in [0, 0.1) is 6.92 Å². The van der Waals surface area contributed by atoms with Crippen LogP contribution in [0.5, 0.6) is 0 Å². The molecule has 0 fully saturated rings. The van der Waals surface area contributed by atoms with Gasteiger partial charge in [-0.05, 0) is 6.92 Å². The van der Waals surface area contributed by atoms with E-state index >= 15 is 0 Å². The third-order valence-corrected chi connectivity index (χ3v) is 1.24. The number of nitrogens with zero attached hydrogens (tertiary/aromatic N) is 2. The van der Waals surface area contributed by atoms with Crippen LogP contribution >= 0.6 is 0 Å². The van der Waals surface area contributed by atoms with Crippen molar-refractivity contribution < 1.29 is 4.39 Å². The molecule has 0 atom stereocenters. The van der Waals surface area contributed by atoms with Crippen LogP contribution in [0.15, 0.2) is 6.20 Å². The van der Waals surface area contributed by atoms with Gasteiger partial charge in [0.25, 0.3) is 0 Å². The van der Waals surface area contributed by atoms with Crippen LogP contribution in [-0.2, 0) is 6.67 Å². The molecule has 0 aromatic carbocycles. The smallest absolute Gasteiger partial charge is 0.220 e. The molecular formula is C6H8FN3. The zero-order valence-corrected chi connectivity index (χ0v) is 5.63. The highest BCUT2D eigenvalue weighted by molar-refractivity contribution is 5.23. The van der Waals surface area contributed by atoms with Crippen molar-refractivity contribution in [2.24, 2.45) is 0 Å². The van der Waals surface area contributed by atoms with Crippen LogP contribution in [0.4, 0.5) is 10.3 Å². The number of halogens is 1. The minimum atomic E-state index is -0.536. The number of hydrogen-bond donors (Lipinski definition) is 1. The summed E-state index contributed by atoms with van der Waals surface area (Å²) in [6, 6.07) is 0. The van der Waals surface area contributed by atoms with E-state index in [0.29, 0.717) is 11.3 Å². The lowest BCUT2D eigenvalue weighted by Gasteiger charge is -1.98. The molecule has 0 unspecified atom stereocenters. The lowest BCUT2D eigenvalue weighted by Crippen LogP contribution is -1.98. The molecule has 2 N–H and O–H groups in total. The molecule has 0 aliphatic carbocycles. The Hall–Kier alpha value is -1.19. The highest BCUT2D eigenvalue weighted by Crippen LogP contribution is 2.05. The Morgan fingerprint density at radius 1 is 1.70 bits per heavy atom. The molecule has 3 nitrogen and oxygen atoms in total. The molecule has 1 heterocycles. The number of hydrogen-bond acceptors (Lipinski definition) is 3. The third-order valence-electron chi connectivity index (χ3n) is 1.24. The largest absolute Gasteiger partial charge is 0.368 e. The fourth-order valence-electron chi connectivity index (χ4n) is 0.641. The zero-order valence-electron chi connectivity index (χ0n) is 5.63. The number of nitrogen functional groups attached to an aromatic ring is 1. The maximum absolute atomic E-state index is 12.0. The van der Waals surface area contributed by atoms with E-state index in [9.17, 15) is 4.39 Å². The van der Waals surface area contributed by atoms with Gasteiger partial charge in [-0.25, -0.2) is 14.4 Å². The predicted molar refractivity (Wildman–Crippen MR) is 36.0 cm³/mol. The minimum Gasteiger partial charge on any atom is -0.368 e. The molecule has 0 radical (unpaired) electrons. The number of aryl methyl sites for hydroxylation is 1. The number of nitrogens with two attached hydrogens (primary N) is 1. The third kappa shape index (κ3) is 1.21. The van der Waals surface area contributed by atoms with Crippen LogP contribution < -0.4 is 5.73 Å². The lowest BCUT2D eigenvalue weighted by molar-refractivity contribution is 0.481. The Bertz CT molecular complexity index is 236. The zero-order chi connectivity index (χ0) is 7.56. The molecule has 10 heavy (non-hydrogen) atoms. The van der Waals surface area contributed by atoms with Gasteiger partial charge in [-0.1, -0.05) is 0 Å². The number of alkyl halides is 1. The fourth-order valence-corrected chi connectivity index (χ4v) is 0.641. The average molecular weight is 141 g/mol. The normalized spacial score (nSPS) is 9.80. The highest BCUT2D eigenvalue weighted by Gasteiger charge is 1.98. The summed E-state index contributed by atoms with van der Waals surface area (Å²) in [6.07, 6.45) is 1.40. The van der Waals surface area contributed by atoms with E-state index < -0.39 is 6.67 Å². The second-order valence-electron chi connectivity index (χ2n) is 1.97. The minimum absolute atomic E-state index is 0.190. The van der Waals surface area contributed by atoms with Crippen molar-refractivity contribution in [1.82, 2.24) is 9.97 Å². The summed E-state index contributed by atoms with van der Waals surface area (Å²) in [5.74, 6) is 0.190. The summed E-state index contributed by atoms with van der Waals surface area (Å²) < 4.78 is 12.0. The van der Waals surface area contributed by atoms with Crippen molar-refractivity contribution in [2.75, 3.05) is 5.73 Å². The average Bonchev–Trinajstić information content (AvgIpc) is 1.88. The Morgan fingerprint density at radius 2 is 2.40 bits per heavy atom. The molecule has 0 saturated carbocycles. The molecule has 0 aliphatic heterocycles. The molecule has 1 aromatic heterocycles. The van der Waals surface area contributed by atoms with Crippen LogP contribution in [0.3, 0.4) is 0 Å². The van der Waals surface area contributed by atoms with Crippen molar-refractivity contribution in [2.45, 2.75) is 13.6 Å². The summed E-state index contributed by atoms with van der Waals surface area (Å²) in [5.41, 5.74) is 6.34. The van der Waals surface area contributed by atoms with E-state index in [2.05, 4.69) is 9.97 Å². The monoisotopic (exact) mass is 141 g/mol. The summed E-state index contributed by atoms with van der Waals surface area (Å²) in [7, 11) is 0. The molecule has 1 aromatic rings. The first-order valence-corrected chi connectivity index (χ1v) is 2.88. The fraction of sp³-hybridized carbons (Fsp3) is 0.333. The molecule has 1 rings (SSSR count). The van der Waals surface area contributed by atoms with Crippen LogP contribution in [0.25, 0.3) is 0 Å². The molecule has 4 heteroatoms. The summed E-state index contributed by atoms with van der Waals surface area (Å²) in [6.45, 7) is 1.17. The number of aromatic nitrogens is 2. The summed E-state index contributed by atoms with van der Waals surface area (Å²) >= 11 is 0. The van der Waals surface area contributed by atoms with Gasteiger partial charge in [0.05, 0.1) is 0 Å². The quantitative estimate of drug-likeness (QED) is 0.630. The van der Waals surface area contributed by atoms with E-state index in [0.717, 1.165) is 0 Å². The van der Waals surface area contributed by atoms with Crippen molar-refractivity contribution in [3.8, 4) is 0 Å². The van der Waals surface area contributed by atoms with Gasteiger partial charge in [0.15, 0.2) is 0 Å². The van der Waals surface area contributed by atoms with Gasteiger partial charge in [0, 0.05) is 17.5 Å². The SMILES string of the molecule is Cc1nc(N)ncc1CF. The maximum Gasteiger partial charge on any atom is 0.220 e. The molecule has 0 saturated heterocycles. The van der Waals surface area contributed by atoms with Gasteiger partial charge < -0.3 is 5.73 Å². The lowest BCUT2D eigenvalue weighted by atomic mass is 10.3. The van der Waals surface area contributed by atoms with Crippen LogP contribution in [-0.4, -0.2) is 9.97 Å². The standard InChI is InChI=1S/C6H8FN3/c1-4-5(2-7)3-9-6(8)10-4/h3H,2H2,1H3,(H2,8,9,10). The second-order valence-corrected chi connectivity index (χ2v) is 1.97.